The van der Waals surface area contributed by atoms with Crippen molar-refractivity contribution >= 4 is 57.3 Å². The van der Waals surface area contributed by atoms with E-state index in [4.69, 9.17) is 41.2 Å². The van der Waals surface area contributed by atoms with Gasteiger partial charge in [-0.2, -0.15) is 0 Å². The molecule has 3 aromatic rings. The van der Waals surface area contributed by atoms with Crippen molar-refractivity contribution in [2.24, 2.45) is 10.7 Å². The lowest BCUT2D eigenvalue weighted by atomic mass is 10.0. The molecule has 0 aliphatic rings. The molecule has 1 heterocycles. The normalized spacial score (nSPS) is 13.0. The van der Waals surface area contributed by atoms with Gasteiger partial charge in [0, 0.05) is 15.6 Å². The molecule has 132 valence electrons. The van der Waals surface area contributed by atoms with E-state index in [1.165, 1.54) is 0 Å². The number of nitrogens with one attached hydrogen (secondary N) is 1. The average molecular weight is 407 g/mol. The third-order valence-corrected chi connectivity index (χ3v) is 4.26. The highest BCUT2D eigenvalue weighted by Gasteiger charge is 2.24. The van der Waals surface area contributed by atoms with Gasteiger partial charge in [0.05, 0.1) is 11.0 Å². The highest BCUT2D eigenvalue weighted by molar-refractivity contribution is 7.80. The van der Waals surface area contributed by atoms with Crippen LogP contribution in [0.15, 0.2) is 52.3 Å². The molecule has 6 nitrogen and oxygen atoms in total. The van der Waals surface area contributed by atoms with Crippen molar-refractivity contribution in [2.45, 2.75) is 6.10 Å². The van der Waals surface area contributed by atoms with E-state index in [0.29, 0.717) is 26.6 Å². The quantitative estimate of drug-likeness (QED) is 0.458. The van der Waals surface area contributed by atoms with Crippen molar-refractivity contribution in [1.29, 1.82) is 0 Å². The first-order valence-electron chi connectivity index (χ1n) is 7.37. The van der Waals surface area contributed by atoms with Crippen LogP contribution in [-0.2, 0) is 0 Å². The molecule has 9 heteroatoms. The maximum Gasteiger partial charge on any atom is 0.276 e. The fourth-order valence-electron chi connectivity index (χ4n) is 2.44. The minimum Gasteiger partial charge on any atom is -0.382 e. The molecule has 0 amide bonds. The number of nitrogens with zero attached hydrogens (tertiary/aromatic N) is 2. The second kappa shape index (κ2) is 7.51. The smallest absolute Gasteiger partial charge is 0.276 e. The summed E-state index contributed by atoms with van der Waals surface area (Å²) in [5.74, 6) is 0. The minimum absolute atomic E-state index is 0.0938. The van der Waals surface area contributed by atoms with Gasteiger partial charge in [-0.15, -0.1) is 0 Å². The summed E-state index contributed by atoms with van der Waals surface area (Å²) >= 11 is 16.9. The van der Waals surface area contributed by atoms with Gasteiger partial charge in [-0.05, 0) is 36.5 Å². The first-order chi connectivity index (χ1) is 12.4. The Morgan fingerprint density at radius 1 is 1.27 bits per heavy atom. The number of aliphatic hydroxyl groups is 1. The molecule has 0 radical (unpaired) electrons. The van der Waals surface area contributed by atoms with Crippen molar-refractivity contribution in [3.63, 3.8) is 0 Å². The van der Waals surface area contributed by atoms with Crippen LogP contribution in [0.25, 0.3) is 11.0 Å². The van der Waals surface area contributed by atoms with E-state index >= 15 is 0 Å². The topological polar surface area (TPSA) is 104 Å². The summed E-state index contributed by atoms with van der Waals surface area (Å²) in [5, 5.41) is 11.3. The number of aromatic nitrogens is 2. The summed E-state index contributed by atoms with van der Waals surface area (Å²) < 4.78 is 0. The number of benzene rings is 2. The molecule has 1 atom stereocenters. The number of halogens is 2. The number of hydrogen-bond acceptors (Lipinski definition) is 4. The van der Waals surface area contributed by atoms with E-state index in [9.17, 15) is 9.90 Å². The number of aromatic amines is 1. The van der Waals surface area contributed by atoms with Crippen LogP contribution in [0.4, 0.5) is 0 Å². The van der Waals surface area contributed by atoms with E-state index in [0.717, 1.165) is 0 Å². The summed E-state index contributed by atoms with van der Waals surface area (Å²) in [6.07, 6.45) is -1.34. The van der Waals surface area contributed by atoms with Gasteiger partial charge in [-0.3, -0.25) is 4.79 Å². The van der Waals surface area contributed by atoms with Crippen molar-refractivity contribution in [1.82, 2.24) is 9.97 Å². The third kappa shape index (κ3) is 3.76. The van der Waals surface area contributed by atoms with Gasteiger partial charge in [0.2, 0.25) is 0 Å². The zero-order chi connectivity index (χ0) is 18.8. The van der Waals surface area contributed by atoms with E-state index in [2.05, 4.69) is 15.0 Å². The molecule has 0 aliphatic heterocycles. The molecular formula is C17H12Cl2N4O2S. The van der Waals surface area contributed by atoms with Gasteiger partial charge < -0.3 is 15.8 Å². The van der Waals surface area contributed by atoms with Crippen LogP contribution in [-0.4, -0.2) is 25.9 Å². The summed E-state index contributed by atoms with van der Waals surface area (Å²) in [6, 6.07) is 11.5. The Balaban J connectivity index is 2.21. The number of aliphatic imine (C=N–C) groups is 1. The van der Waals surface area contributed by atoms with E-state index in [1.807, 2.05) is 0 Å². The molecule has 4 N–H and O–H groups in total. The Morgan fingerprint density at radius 3 is 2.69 bits per heavy atom. The molecule has 0 aliphatic carbocycles. The maximum absolute atomic E-state index is 12.5. The molecule has 3 rings (SSSR count). The second-order valence-corrected chi connectivity index (χ2v) is 6.60. The predicted molar refractivity (Wildman–Crippen MR) is 107 cm³/mol. The Morgan fingerprint density at radius 2 is 2.00 bits per heavy atom. The van der Waals surface area contributed by atoms with Crippen LogP contribution < -0.4 is 11.3 Å². The van der Waals surface area contributed by atoms with Crippen molar-refractivity contribution in [2.75, 3.05) is 0 Å². The van der Waals surface area contributed by atoms with Gasteiger partial charge in [-0.1, -0.05) is 41.4 Å². The molecule has 0 saturated heterocycles. The lowest BCUT2D eigenvalue weighted by molar-refractivity contribution is 0.248. The molecule has 0 unspecified atom stereocenters. The highest BCUT2D eigenvalue weighted by Crippen LogP contribution is 2.25. The fourth-order valence-corrected chi connectivity index (χ4v) is 2.95. The molecule has 26 heavy (non-hydrogen) atoms. The van der Waals surface area contributed by atoms with E-state index < -0.39 is 11.7 Å². The number of aliphatic hydroxyl groups excluding tert-OH is 1. The highest BCUT2D eigenvalue weighted by atomic mass is 35.5. The summed E-state index contributed by atoms with van der Waals surface area (Å²) in [4.78, 5) is 23.4. The zero-order valence-electron chi connectivity index (χ0n) is 13.1. The van der Waals surface area contributed by atoms with Crippen LogP contribution in [0.5, 0.6) is 0 Å². The number of nitrogens with two attached hydrogens (primary N) is 1. The maximum atomic E-state index is 12.5. The van der Waals surface area contributed by atoms with E-state index in [1.54, 1.807) is 42.5 Å². The van der Waals surface area contributed by atoms with Gasteiger partial charge in [0.1, 0.15) is 11.8 Å². The number of rotatable bonds is 3. The standard InChI is InChI=1S/C17H12Cl2N4O2S/c18-8-5-6-11-12(7-8)22-16(25)14(21-11)13(23-17(20)26)15(24)9-3-1-2-4-10(9)19/h1-7,15,24H,(H2,20,26)(H,22,25)/t15-/m1/s1. The van der Waals surface area contributed by atoms with Crippen molar-refractivity contribution in [3.05, 3.63) is 74.1 Å². The van der Waals surface area contributed by atoms with Gasteiger partial charge in [0.15, 0.2) is 10.8 Å². The Bertz CT molecular complexity index is 1100. The van der Waals surface area contributed by atoms with Crippen LogP contribution in [0.1, 0.15) is 17.4 Å². The largest absolute Gasteiger partial charge is 0.382 e. The predicted octanol–water partition coefficient (Wildman–Crippen LogP) is 3.00. The molecule has 2 aromatic carbocycles. The van der Waals surface area contributed by atoms with Crippen LogP contribution in [0, 0.1) is 0 Å². The van der Waals surface area contributed by atoms with Crippen molar-refractivity contribution in [3.8, 4) is 0 Å². The molecular weight excluding hydrogens is 395 g/mol. The molecule has 1 aromatic heterocycles. The second-order valence-electron chi connectivity index (χ2n) is 5.34. The first kappa shape index (κ1) is 18.5. The van der Waals surface area contributed by atoms with Crippen LogP contribution >= 0.6 is 35.4 Å². The monoisotopic (exact) mass is 406 g/mol. The Hall–Kier alpha value is -2.32. The van der Waals surface area contributed by atoms with Crippen LogP contribution in [0.2, 0.25) is 10.0 Å². The number of hydrogen-bond donors (Lipinski definition) is 3. The van der Waals surface area contributed by atoms with Crippen molar-refractivity contribution < 1.29 is 5.11 Å². The fraction of sp³-hybridized carbons (Fsp3) is 0.0588. The third-order valence-electron chi connectivity index (χ3n) is 3.59. The Labute approximate surface area is 163 Å². The lowest BCUT2D eigenvalue weighted by Crippen LogP contribution is -2.27. The number of H-pyrrole nitrogens is 1. The molecule has 0 spiro atoms. The number of fused-ring (bicyclic) bond motifs is 1. The Kier molecular flexibility index (Phi) is 5.33. The van der Waals surface area contributed by atoms with Gasteiger partial charge in [0.25, 0.3) is 5.56 Å². The average Bonchev–Trinajstić information content (AvgIpc) is 2.59. The van der Waals surface area contributed by atoms with Crippen LogP contribution in [0.3, 0.4) is 0 Å². The number of thiocarbonyl (C=S) groups is 1. The summed E-state index contributed by atoms with van der Waals surface area (Å²) in [7, 11) is 0. The molecule has 0 bridgehead atoms. The first-order valence-corrected chi connectivity index (χ1v) is 8.53. The molecule has 0 saturated carbocycles. The summed E-state index contributed by atoms with van der Waals surface area (Å²) in [6.45, 7) is 0. The summed E-state index contributed by atoms with van der Waals surface area (Å²) in [5.41, 5.74) is 6.00. The van der Waals surface area contributed by atoms with Gasteiger partial charge >= 0.3 is 0 Å². The lowest BCUT2D eigenvalue weighted by Gasteiger charge is -2.15. The zero-order valence-corrected chi connectivity index (χ0v) is 15.4. The minimum atomic E-state index is -1.34. The van der Waals surface area contributed by atoms with E-state index in [-0.39, 0.29) is 16.5 Å². The van der Waals surface area contributed by atoms with Gasteiger partial charge in [-0.25, -0.2) is 9.98 Å². The molecule has 0 fully saturated rings. The SMILES string of the molecule is NC(=S)N=C(c1nc2ccc(Cl)cc2[nH]c1=O)[C@H](O)c1ccccc1Cl.